The van der Waals surface area contributed by atoms with E-state index >= 15 is 0 Å². The van der Waals surface area contributed by atoms with Crippen LogP contribution in [0.15, 0.2) is 0 Å². The fourth-order valence-corrected chi connectivity index (χ4v) is 4.30. The van der Waals surface area contributed by atoms with E-state index in [1.54, 1.807) is 35.5 Å². The first-order chi connectivity index (χ1) is 11.3. The fourth-order valence-electron chi connectivity index (χ4n) is 4.30. The second kappa shape index (κ2) is 9.44. The summed E-state index contributed by atoms with van der Waals surface area (Å²) in [4.78, 5) is 0. The van der Waals surface area contributed by atoms with Gasteiger partial charge in [-0.05, 0) is 99.7 Å². The van der Waals surface area contributed by atoms with E-state index < -0.39 is 24.5 Å². The molecule has 0 aromatic carbocycles. The Morgan fingerprint density at radius 2 is 1.04 bits per heavy atom. The molecule has 120 valence electrons. The Balaban J connectivity index is 0.000000485. The Morgan fingerprint density at radius 1 is 0.652 bits per heavy atom. The van der Waals surface area contributed by atoms with Crippen LogP contribution in [0.3, 0.4) is 0 Å². The molecule has 23 heavy (non-hydrogen) atoms. The van der Waals surface area contributed by atoms with Crippen LogP contribution in [-0.2, 0) is 24.5 Å². The molecule has 4 aliphatic carbocycles. The molecule has 0 heterocycles. The third-order valence-corrected chi connectivity index (χ3v) is 5.43. The molecular formula is C20H24F2Zr+2. The van der Waals surface area contributed by atoms with Crippen LogP contribution in [0.5, 0.6) is 0 Å². The van der Waals surface area contributed by atoms with E-state index in [2.05, 4.69) is 25.7 Å². The summed E-state index contributed by atoms with van der Waals surface area (Å²) < 4.78 is 19.6. The van der Waals surface area contributed by atoms with Gasteiger partial charge in [0.15, 0.2) is 0 Å². The second-order valence-electron chi connectivity index (χ2n) is 6.71. The monoisotopic (exact) mass is 392 g/mol. The van der Waals surface area contributed by atoms with E-state index in [0.29, 0.717) is 0 Å². The molecule has 0 N–H and O–H groups in total. The fraction of sp³-hybridized carbons (Fsp3) is 0.500. The van der Waals surface area contributed by atoms with Gasteiger partial charge < -0.3 is 0 Å². The second-order valence-corrected chi connectivity index (χ2v) is 7.06. The van der Waals surface area contributed by atoms with Crippen molar-refractivity contribution >= 4 is 0 Å². The van der Waals surface area contributed by atoms with E-state index in [0.717, 1.165) is 0 Å². The molecule has 0 aliphatic heterocycles. The molecule has 4 saturated carbocycles. The van der Waals surface area contributed by atoms with Crippen molar-refractivity contribution < 1.29 is 29.7 Å². The zero-order chi connectivity index (χ0) is 16.1. The predicted octanol–water partition coefficient (Wildman–Crippen LogP) is 6.04. The summed E-state index contributed by atoms with van der Waals surface area (Å²) in [7, 11) is 0. The number of fused-ring (bicyclic) bond motifs is 2. The first kappa shape index (κ1) is 18.5. The average Bonchev–Trinajstić information content (AvgIpc) is 3.18. The molecule has 0 aromatic heterocycles. The van der Waals surface area contributed by atoms with Crippen molar-refractivity contribution in [3.8, 4) is 0 Å². The Labute approximate surface area is 154 Å². The minimum absolute atomic E-state index is 1.26. The van der Waals surface area contributed by atoms with Gasteiger partial charge in [0, 0.05) is 0 Å². The van der Waals surface area contributed by atoms with Gasteiger partial charge in [0.05, 0.1) is 0 Å². The zero-order valence-corrected chi connectivity index (χ0v) is 16.1. The van der Waals surface area contributed by atoms with Gasteiger partial charge in [0.25, 0.3) is 0 Å². The molecule has 10 radical (unpaired) electrons. The maximum absolute atomic E-state index is 9.80. The standard InChI is InChI=1S/C20H24.2FH.Zr/c1-3-7-19-15(5-1)9-11-17(19)13-14-18-12-10-16-6-2-4-8-20(16)18;;;/h9-12H,1-8,13-14H2;2*1H;/q;;;+4/p-2. The summed E-state index contributed by atoms with van der Waals surface area (Å²) in [6.45, 7) is 0. The molecule has 0 atom stereocenters. The van der Waals surface area contributed by atoms with Crippen LogP contribution in [0.2, 0.25) is 0 Å². The third-order valence-electron chi connectivity index (χ3n) is 5.43. The van der Waals surface area contributed by atoms with Crippen LogP contribution in [-0.4, -0.2) is 0 Å². The Bertz CT molecular complexity index is 317. The maximum atomic E-state index is 9.80. The molecule has 0 bridgehead atoms. The summed E-state index contributed by atoms with van der Waals surface area (Å²) in [6, 6.07) is 0. The quantitative estimate of drug-likeness (QED) is 0.548. The van der Waals surface area contributed by atoms with Gasteiger partial charge in [-0.2, -0.15) is 0 Å². The van der Waals surface area contributed by atoms with Gasteiger partial charge in [0.1, 0.15) is 0 Å². The molecule has 4 aliphatic rings. The SMILES string of the molecule is [CH]1[CH][C](CC[C]2[CH][CH][C]3CCCC[C]32)[C]2CCCC[C]12.[F][Zr+2][F]. The number of rotatable bonds is 3. The van der Waals surface area contributed by atoms with Gasteiger partial charge in [-0.3, -0.25) is 0 Å². The normalized spacial score (nSPS) is 28.1. The average molecular weight is 394 g/mol. The van der Waals surface area contributed by atoms with Crippen LogP contribution in [0.4, 0.5) is 5.25 Å². The molecular weight excluding hydrogens is 369 g/mol. The molecule has 0 amide bonds. The van der Waals surface area contributed by atoms with Crippen molar-refractivity contribution in [1.82, 2.24) is 0 Å². The van der Waals surface area contributed by atoms with Crippen LogP contribution in [0.25, 0.3) is 0 Å². The molecule has 0 nitrogen and oxygen atoms in total. The number of halogens is 2. The number of hydrogen-bond donors (Lipinski definition) is 0. The van der Waals surface area contributed by atoms with Gasteiger partial charge in [-0.1, -0.05) is 25.7 Å². The Hall–Kier alpha value is 0.743. The van der Waals surface area contributed by atoms with Crippen LogP contribution < -0.4 is 0 Å². The molecule has 0 spiro atoms. The predicted molar refractivity (Wildman–Crippen MR) is 85.0 cm³/mol. The van der Waals surface area contributed by atoms with Crippen molar-refractivity contribution in [1.29, 1.82) is 0 Å². The molecule has 0 saturated heterocycles. The molecule has 4 rings (SSSR count). The molecule has 0 aromatic rings. The molecule has 4 fully saturated rings. The van der Waals surface area contributed by atoms with Crippen LogP contribution >= 0.6 is 0 Å². The zero-order valence-electron chi connectivity index (χ0n) is 13.6. The summed E-state index contributed by atoms with van der Waals surface area (Å²) in [5.41, 5.74) is 0. The molecule has 3 heteroatoms. The van der Waals surface area contributed by atoms with E-state index in [-0.39, 0.29) is 0 Å². The topological polar surface area (TPSA) is 0 Å². The van der Waals surface area contributed by atoms with Crippen molar-refractivity contribution in [3.63, 3.8) is 0 Å². The summed E-state index contributed by atoms with van der Waals surface area (Å²) in [5, 5.41) is 0. The summed E-state index contributed by atoms with van der Waals surface area (Å²) >= 11 is -2.77. The minimum atomic E-state index is -2.77. The first-order valence-corrected chi connectivity index (χ1v) is 10.7. The van der Waals surface area contributed by atoms with Gasteiger partial charge in [-0.25, -0.2) is 0 Å². The van der Waals surface area contributed by atoms with Crippen molar-refractivity contribution in [2.24, 2.45) is 0 Å². The van der Waals surface area contributed by atoms with E-state index in [4.69, 9.17) is 0 Å². The van der Waals surface area contributed by atoms with Gasteiger partial charge in [0.2, 0.25) is 0 Å². The Kier molecular flexibility index (Phi) is 7.61. The van der Waals surface area contributed by atoms with Crippen LogP contribution in [0.1, 0.15) is 64.2 Å². The first-order valence-electron chi connectivity index (χ1n) is 8.82. The van der Waals surface area contributed by atoms with Gasteiger partial charge >= 0.3 is 29.7 Å². The van der Waals surface area contributed by atoms with Crippen LogP contribution in [0, 0.1) is 61.2 Å². The van der Waals surface area contributed by atoms with Gasteiger partial charge in [-0.15, -0.1) is 0 Å². The van der Waals surface area contributed by atoms with Crippen molar-refractivity contribution in [2.75, 3.05) is 0 Å². The summed E-state index contributed by atoms with van der Waals surface area (Å²) in [5.74, 6) is 10.00. The van der Waals surface area contributed by atoms with E-state index in [1.165, 1.54) is 64.2 Å². The van der Waals surface area contributed by atoms with Crippen molar-refractivity contribution in [2.45, 2.75) is 64.2 Å². The van der Waals surface area contributed by atoms with E-state index in [1.807, 2.05) is 0 Å². The summed E-state index contributed by atoms with van der Waals surface area (Å²) in [6.07, 6.45) is 23.0. The Morgan fingerprint density at radius 3 is 1.48 bits per heavy atom. The molecule has 0 unspecified atom stereocenters. The van der Waals surface area contributed by atoms with Crippen molar-refractivity contribution in [3.05, 3.63) is 61.2 Å². The number of hydrogen-bond acceptors (Lipinski definition) is 0. The van der Waals surface area contributed by atoms with E-state index in [9.17, 15) is 5.25 Å². The third kappa shape index (κ3) is 4.68.